The number of rotatable bonds is 4. The summed E-state index contributed by atoms with van der Waals surface area (Å²) in [6.45, 7) is 6.42. The van der Waals surface area contributed by atoms with E-state index in [1.165, 1.54) is 10.2 Å². The lowest BCUT2D eigenvalue weighted by Crippen LogP contribution is -2.32. The number of benzene rings is 1. The standard InChI is InChI=1S/C23H20N6O2/c1-14-7-8-25-22-21(14)15(2)28(13-26-22)12-20-27-29(23(30)31-20)19-9-18(10-19)17-5-3-16(11-24)4-6-17/h3-8,13,18-19H,2,9-10,12H2,1H3. The summed E-state index contributed by atoms with van der Waals surface area (Å²) >= 11 is 0. The van der Waals surface area contributed by atoms with Gasteiger partial charge in [-0.3, -0.25) is 0 Å². The van der Waals surface area contributed by atoms with Gasteiger partial charge >= 0.3 is 5.76 Å². The van der Waals surface area contributed by atoms with Crippen LogP contribution in [-0.4, -0.2) is 26.0 Å². The molecule has 0 amide bonds. The van der Waals surface area contributed by atoms with Crippen molar-refractivity contribution in [3.63, 3.8) is 0 Å². The van der Waals surface area contributed by atoms with Gasteiger partial charge in [0.1, 0.15) is 6.54 Å². The minimum Gasteiger partial charge on any atom is -0.390 e. The molecule has 1 aromatic carbocycles. The molecule has 1 aliphatic carbocycles. The van der Waals surface area contributed by atoms with Crippen LogP contribution in [0.2, 0.25) is 0 Å². The molecule has 8 heteroatoms. The van der Waals surface area contributed by atoms with Gasteiger partial charge in [0, 0.05) is 17.5 Å². The molecule has 2 aromatic heterocycles. The average Bonchev–Trinajstić information content (AvgIpc) is 3.09. The number of aromatic nitrogens is 3. The lowest BCUT2D eigenvalue weighted by Gasteiger charge is -2.34. The van der Waals surface area contributed by atoms with E-state index in [0.29, 0.717) is 23.2 Å². The first kappa shape index (κ1) is 19.0. The van der Waals surface area contributed by atoms with Gasteiger partial charge in [-0.1, -0.05) is 18.7 Å². The monoisotopic (exact) mass is 412 g/mol. The van der Waals surface area contributed by atoms with Crippen molar-refractivity contribution >= 4 is 17.9 Å². The summed E-state index contributed by atoms with van der Waals surface area (Å²) in [5, 5.41) is 13.4. The highest BCUT2D eigenvalue weighted by Gasteiger charge is 2.34. The minimum absolute atomic E-state index is 0.0102. The number of aliphatic imine (C=N–C) groups is 1. The summed E-state index contributed by atoms with van der Waals surface area (Å²) in [6.07, 6.45) is 4.99. The summed E-state index contributed by atoms with van der Waals surface area (Å²) < 4.78 is 6.86. The molecule has 2 aliphatic rings. The van der Waals surface area contributed by atoms with E-state index in [9.17, 15) is 4.79 Å². The maximum absolute atomic E-state index is 12.4. The lowest BCUT2D eigenvalue weighted by molar-refractivity contribution is 0.233. The molecule has 0 atom stereocenters. The van der Waals surface area contributed by atoms with E-state index in [-0.39, 0.29) is 12.6 Å². The van der Waals surface area contributed by atoms with Crippen LogP contribution in [-0.2, 0) is 6.54 Å². The van der Waals surface area contributed by atoms with E-state index in [4.69, 9.17) is 9.68 Å². The Bertz CT molecular complexity index is 1290. The molecule has 3 aromatic rings. The van der Waals surface area contributed by atoms with Crippen molar-refractivity contribution in [3.05, 3.63) is 81.8 Å². The Labute approximate surface area is 178 Å². The zero-order chi connectivity index (χ0) is 21.5. The van der Waals surface area contributed by atoms with E-state index in [1.807, 2.05) is 42.2 Å². The third-order valence-corrected chi connectivity index (χ3v) is 5.98. The van der Waals surface area contributed by atoms with Gasteiger partial charge < -0.3 is 9.32 Å². The topological polar surface area (TPSA) is 100 Å². The number of aryl methyl sites for hydroxylation is 1. The summed E-state index contributed by atoms with van der Waals surface area (Å²) in [4.78, 5) is 22.9. The molecule has 0 saturated heterocycles. The zero-order valence-electron chi connectivity index (χ0n) is 17.0. The smallest absolute Gasteiger partial charge is 0.390 e. The zero-order valence-corrected chi connectivity index (χ0v) is 17.0. The van der Waals surface area contributed by atoms with E-state index < -0.39 is 5.76 Å². The van der Waals surface area contributed by atoms with Gasteiger partial charge in [-0.25, -0.2) is 14.8 Å². The summed E-state index contributed by atoms with van der Waals surface area (Å²) in [7, 11) is 0. The summed E-state index contributed by atoms with van der Waals surface area (Å²) in [5.74, 6) is 0.864. The predicted octanol–water partition coefficient (Wildman–Crippen LogP) is 3.68. The van der Waals surface area contributed by atoms with E-state index in [2.05, 4.69) is 27.7 Å². The first-order valence-electron chi connectivity index (χ1n) is 10.1. The number of fused-ring (bicyclic) bond motifs is 1. The molecule has 1 fully saturated rings. The molecular formula is C23H20N6O2. The van der Waals surface area contributed by atoms with Crippen molar-refractivity contribution in [2.24, 2.45) is 4.99 Å². The summed E-state index contributed by atoms with van der Waals surface area (Å²) in [6, 6.07) is 11.7. The molecule has 8 nitrogen and oxygen atoms in total. The predicted molar refractivity (Wildman–Crippen MR) is 115 cm³/mol. The fourth-order valence-corrected chi connectivity index (χ4v) is 4.13. The molecule has 0 radical (unpaired) electrons. The second-order valence-corrected chi connectivity index (χ2v) is 7.91. The second-order valence-electron chi connectivity index (χ2n) is 7.91. The van der Waals surface area contributed by atoms with Crippen LogP contribution in [0.3, 0.4) is 0 Å². The molecule has 0 unspecified atom stereocenters. The normalized spacial score (nSPS) is 19.6. The quantitative estimate of drug-likeness (QED) is 0.648. The maximum atomic E-state index is 12.4. The Hall–Kier alpha value is -3.99. The number of nitriles is 1. The van der Waals surface area contributed by atoms with Gasteiger partial charge in [0.05, 0.1) is 24.0 Å². The van der Waals surface area contributed by atoms with Crippen LogP contribution in [0.15, 0.2) is 57.3 Å². The van der Waals surface area contributed by atoms with Crippen molar-refractivity contribution in [1.29, 1.82) is 5.26 Å². The molecule has 1 aliphatic heterocycles. The molecule has 31 heavy (non-hydrogen) atoms. The maximum Gasteiger partial charge on any atom is 0.437 e. The highest BCUT2D eigenvalue weighted by Crippen LogP contribution is 2.43. The number of nitrogens with zero attached hydrogens (tertiary/aromatic N) is 6. The van der Waals surface area contributed by atoms with Gasteiger partial charge in [-0.15, -0.1) is 5.10 Å². The van der Waals surface area contributed by atoms with Gasteiger partial charge in [0.25, 0.3) is 0 Å². The summed E-state index contributed by atoms with van der Waals surface area (Å²) in [5.41, 5.74) is 4.49. The Kier molecular flexibility index (Phi) is 4.51. The van der Waals surface area contributed by atoms with Crippen molar-refractivity contribution in [2.75, 3.05) is 0 Å². The fourth-order valence-electron chi connectivity index (χ4n) is 4.13. The lowest BCUT2D eigenvalue weighted by atomic mass is 9.76. The van der Waals surface area contributed by atoms with Crippen LogP contribution in [0, 0.1) is 18.3 Å². The Balaban J connectivity index is 1.28. The van der Waals surface area contributed by atoms with Gasteiger partial charge in [0.15, 0.2) is 5.82 Å². The van der Waals surface area contributed by atoms with Crippen LogP contribution in [0.5, 0.6) is 0 Å². The first-order valence-corrected chi connectivity index (χ1v) is 10.1. The Morgan fingerprint density at radius 2 is 2.03 bits per heavy atom. The Morgan fingerprint density at radius 3 is 2.77 bits per heavy atom. The molecule has 3 heterocycles. The van der Waals surface area contributed by atoms with Crippen molar-refractivity contribution in [2.45, 2.75) is 38.3 Å². The van der Waals surface area contributed by atoms with Crippen molar-refractivity contribution in [3.8, 4) is 6.07 Å². The average molecular weight is 412 g/mol. The molecule has 0 spiro atoms. The van der Waals surface area contributed by atoms with E-state index in [0.717, 1.165) is 29.7 Å². The second kappa shape index (κ2) is 7.36. The van der Waals surface area contributed by atoms with Crippen LogP contribution in [0.1, 0.15) is 52.9 Å². The minimum atomic E-state index is -0.448. The van der Waals surface area contributed by atoms with Gasteiger partial charge in [0.2, 0.25) is 5.89 Å². The fraction of sp³-hybridized carbons (Fsp3) is 0.261. The van der Waals surface area contributed by atoms with E-state index in [1.54, 1.807) is 12.5 Å². The third kappa shape index (κ3) is 3.34. The van der Waals surface area contributed by atoms with Crippen LogP contribution in [0.4, 0.5) is 5.82 Å². The molecule has 154 valence electrons. The SMILES string of the molecule is C=C1c2c(C)ccnc2N=CN1Cc1nn(C2CC(c3ccc(C#N)cc3)C2)c(=O)o1. The first-order chi connectivity index (χ1) is 15.0. The molecule has 0 N–H and O–H groups in total. The molecule has 0 bridgehead atoms. The highest BCUT2D eigenvalue weighted by molar-refractivity contribution is 5.86. The molecule has 5 rings (SSSR count). The van der Waals surface area contributed by atoms with Crippen LogP contribution in [0.25, 0.3) is 5.70 Å². The van der Waals surface area contributed by atoms with E-state index >= 15 is 0 Å². The van der Waals surface area contributed by atoms with Crippen LogP contribution >= 0.6 is 0 Å². The molecular weight excluding hydrogens is 392 g/mol. The van der Waals surface area contributed by atoms with Gasteiger partial charge in [-0.05, 0) is 55.0 Å². The number of hydrogen-bond donors (Lipinski definition) is 0. The van der Waals surface area contributed by atoms with Gasteiger partial charge in [-0.2, -0.15) is 9.94 Å². The highest BCUT2D eigenvalue weighted by atomic mass is 16.4. The largest absolute Gasteiger partial charge is 0.437 e. The number of pyridine rings is 1. The van der Waals surface area contributed by atoms with Crippen molar-refractivity contribution in [1.82, 2.24) is 19.7 Å². The van der Waals surface area contributed by atoms with Crippen molar-refractivity contribution < 1.29 is 4.42 Å². The Morgan fingerprint density at radius 1 is 1.26 bits per heavy atom. The molecule has 1 saturated carbocycles. The van der Waals surface area contributed by atoms with Crippen LogP contribution < -0.4 is 5.76 Å². The third-order valence-electron chi connectivity index (χ3n) is 5.98. The number of hydrogen-bond acceptors (Lipinski definition) is 7.